The smallest absolute Gasteiger partial charge is 0.237 e. The van der Waals surface area contributed by atoms with Gasteiger partial charge in [0.25, 0.3) is 0 Å². The van der Waals surface area contributed by atoms with Crippen LogP contribution in [0.25, 0.3) is 0 Å². The molecule has 0 bridgehead atoms. The summed E-state index contributed by atoms with van der Waals surface area (Å²) in [6.45, 7) is 4.05. The number of primary amides is 1. The standard InChI is InChI=1S/C12H18N2O2/c1-12(2,11(13)15)14-8-9-6-4-5-7-10(9)16-3/h4-7,14H,8H2,1-3H3,(H2,13,15). The monoisotopic (exact) mass is 222 g/mol. The molecule has 1 amide bonds. The second kappa shape index (κ2) is 4.99. The van der Waals surface area contributed by atoms with Gasteiger partial charge in [0.05, 0.1) is 12.6 Å². The van der Waals surface area contributed by atoms with Crippen LogP contribution in [0.2, 0.25) is 0 Å². The first-order valence-corrected chi connectivity index (χ1v) is 5.14. The number of ether oxygens (including phenoxy) is 1. The van der Waals surface area contributed by atoms with Gasteiger partial charge in [0.2, 0.25) is 5.91 Å². The summed E-state index contributed by atoms with van der Waals surface area (Å²) in [4.78, 5) is 11.1. The molecule has 0 fully saturated rings. The van der Waals surface area contributed by atoms with Crippen LogP contribution in [0.3, 0.4) is 0 Å². The van der Waals surface area contributed by atoms with Gasteiger partial charge >= 0.3 is 0 Å². The SMILES string of the molecule is COc1ccccc1CNC(C)(C)C(N)=O. The summed E-state index contributed by atoms with van der Waals surface area (Å²) < 4.78 is 5.21. The zero-order valence-corrected chi connectivity index (χ0v) is 9.91. The molecule has 1 aromatic carbocycles. The summed E-state index contributed by atoms with van der Waals surface area (Å²) >= 11 is 0. The van der Waals surface area contributed by atoms with Crippen LogP contribution in [0.15, 0.2) is 24.3 Å². The molecule has 4 nitrogen and oxygen atoms in total. The first-order valence-electron chi connectivity index (χ1n) is 5.14. The molecule has 0 saturated carbocycles. The van der Waals surface area contributed by atoms with E-state index in [2.05, 4.69) is 5.32 Å². The Kier molecular flexibility index (Phi) is 3.90. The van der Waals surface area contributed by atoms with Crippen molar-refractivity contribution < 1.29 is 9.53 Å². The average Bonchev–Trinajstić information content (AvgIpc) is 2.26. The minimum absolute atomic E-state index is 0.373. The quantitative estimate of drug-likeness (QED) is 0.782. The fourth-order valence-electron chi connectivity index (χ4n) is 1.25. The van der Waals surface area contributed by atoms with Gasteiger partial charge in [-0.15, -0.1) is 0 Å². The predicted molar refractivity (Wildman–Crippen MR) is 63.1 cm³/mol. The molecule has 3 N–H and O–H groups in total. The Bertz CT molecular complexity index is 375. The number of nitrogens with one attached hydrogen (secondary N) is 1. The molecule has 0 radical (unpaired) electrons. The Labute approximate surface area is 95.8 Å². The van der Waals surface area contributed by atoms with E-state index < -0.39 is 5.54 Å². The van der Waals surface area contributed by atoms with Crippen molar-refractivity contribution in [3.63, 3.8) is 0 Å². The highest BCUT2D eigenvalue weighted by molar-refractivity contribution is 5.83. The molecule has 0 saturated heterocycles. The van der Waals surface area contributed by atoms with E-state index in [1.54, 1.807) is 21.0 Å². The van der Waals surface area contributed by atoms with Crippen LogP contribution in [0.5, 0.6) is 5.75 Å². The normalized spacial score (nSPS) is 11.2. The second-order valence-corrected chi connectivity index (χ2v) is 4.15. The van der Waals surface area contributed by atoms with E-state index in [9.17, 15) is 4.79 Å². The minimum atomic E-state index is -0.721. The van der Waals surface area contributed by atoms with Gasteiger partial charge in [-0.25, -0.2) is 0 Å². The summed E-state index contributed by atoms with van der Waals surface area (Å²) in [6.07, 6.45) is 0. The van der Waals surface area contributed by atoms with Crippen molar-refractivity contribution in [2.75, 3.05) is 7.11 Å². The van der Waals surface area contributed by atoms with Crippen molar-refractivity contribution in [1.29, 1.82) is 0 Å². The number of hydrogen-bond acceptors (Lipinski definition) is 3. The van der Waals surface area contributed by atoms with Crippen LogP contribution < -0.4 is 15.8 Å². The third kappa shape index (κ3) is 2.97. The Hall–Kier alpha value is -1.55. The van der Waals surface area contributed by atoms with E-state index in [0.29, 0.717) is 6.54 Å². The molecule has 0 aliphatic heterocycles. The molecule has 0 aromatic heterocycles. The van der Waals surface area contributed by atoms with Crippen LogP contribution in [0.1, 0.15) is 19.4 Å². The summed E-state index contributed by atoms with van der Waals surface area (Å²) in [5.41, 5.74) is 5.55. The topological polar surface area (TPSA) is 64.3 Å². The average molecular weight is 222 g/mol. The van der Waals surface area contributed by atoms with Gasteiger partial charge in [-0.3, -0.25) is 10.1 Å². The van der Waals surface area contributed by atoms with Gasteiger partial charge in [0, 0.05) is 12.1 Å². The first kappa shape index (κ1) is 12.5. The number of carbonyl (C=O) groups is 1. The van der Waals surface area contributed by atoms with Crippen molar-refractivity contribution in [2.45, 2.75) is 25.9 Å². The van der Waals surface area contributed by atoms with Gasteiger partial charge in [0.15, 0.2) is 0 Å². The molecular formula is C12H18N2O2. The lowest BCUT2D eigenvalue weighted by atomic mass is 10.0. The third-order valence-corrected chi connectivity index (χ3v) is 2.53. The molecule has 0 aliphatic rings. The molecule has 1 rings (SSSR count). The summed E-state index contributed by atoms with van der Waals surface area (Å²) in [6, 6.07) is 7.66. The van der Waals surface area contributed by atoms with Crippen LogP contribution in [0.4, 0.5) is 0 Å². The number of methoxy groups -OCH3 is 1. The van der Waals surface area contributed by atoms with E-state index in [1.807, 2.05) is 24.3 Å². The van der Waals surface area contributed by atoms with Gasteiger partial charge in [0.1, 0.15) is 5.75 Å². The molecule has 0 aliphatic carbocycles. The fourth-order valence-corrected chi connectivity index (χ4v) is 1.25. The molecule has 0 unspecified atom stereocenters. The molecular weight excluding hydrogens is 204 g/mol. The number of amides is 1. The molecule has 1 aromatic rings. The highest BCUT2D eigenvalue weighted by Crippen LogP contribution is 2.17. The fraction of sp³-hybridized carbons (Fsp3) is 0.417. The van der Waals surface area contributed by atoms with Gasteiger partial charge in [-0.1, -0.05) is 18.2 Å². The zero-order valence-electron chi connectivity index (χ0n) is 9.91. The minimum Gasteiger partial charge on any atom is -0.496 e. The van der Waals surface area contributed by atoms with Crippen LogP contribution >= 0.6 is 0 Å². The van der Waals surface area contributed by atoms with Crippen molar-refractivity contribution >= 4 is 5.91 Å². The van der Waals surface area contributed by atoms with Crippen molar-refractivity contribution in [1.82, 2.24) is 5.32 Å². The molecule has 0 atom stereocenters. The highest BCUT2D eigenvalue weighted by Gasteiger charge is 2.23. The number of hydrogen-bond donors (Lipinski definition) is 2. The van der Waals surface area contributed by atoms with E-state index in [-0.39, 0.29) is 5.91 Å². The number of para-hydroxylation sites is 1. The number of carbonyl (C=O) groups excluding carboxylic acids is 1. The zero-order chi connectivity index (χ0) is 12.2. The van der Waals surface area contributed by atoms with E-state index in [4.69, 9.17) is 10.5 Å². The van der Waals surface area contributed by atoms with Crippen molar-refractivity contribution in [2.24, 2.45) is 5.73 Å². The maximum absolute atomic E-state index is 11.1. The second-order valence-electron chi connectivity index (χ2n) is 4.15. The van der Waals surface area contributed by atoms with Gasteiger partial charge in [-0.05, 0) is 19.9 Å². The maximum Gasteiger partial charge on any atom is 0.237 e. The molecule has 88 valence electrons. The van der Waals surface area contributed by atoms with E-state index >= 15 is 0 Å². The Balaban J connectivity index is 2.71. The van der Waals surface area contributed by atoms with Crippen LogP contribution in [-0.4, -0.2) is 18.6 Å². The lowest BCUT2D eigenvalue weighted by Crippen LogP contribution is -2.50. The summed E-state index contributed by atoms with van der Waals surface area (Å²) in [5, 5.41) is 3.09. The van der Waals surface area contributed by atoms with Crippen LogP contribution in [0, 0.1) is 0 Å². The van der Waals surface area contributed by atoms with Crippen LogP contribution in [-0.2, 0) is 11.3 Å². The third-order valence-electron chi connectivity index (χ3n) is 2.53. The highest BCUT2D eigenvalue weighted by atomic mass is 16.5. The lowest BCUT2D eigenvalue weighted by Gasteiger charge is -2.22. The van der Waals surface area contributed by atoms with E-state index in [0.717, 1.165) is 11.3 Å². The number of rotatable bonds is 5. The molecule has 0 spiro atoms. The van der Waals surface area contributed by atoms with Crippen molar-refractivity contribution in [3.05, 3.63) is 29.8 Å². The van der Waals surface area contributed by atoms with Gasteiger partial charge < -0.3 is 10.5 Å². The van der Waals surface area contributed by atoms with Gasteiger partial charge in [-0.2, -0.15) is 0 Å². The summed E-state index contributed by atoms with van der Waals surface area (Å²) in [5.74, 6) is 0.428. The largest absolute Gasteiger partial charge is 0.496 e. The number of benzene rings is 1. The number of nitrogens with two attached hydrogens (primary N) is 1. The molecule has 16 heavy (non-hydrogen) atoms. The Morgan fingerprint density at radius 1 is 1.44 bits per heavy atom. The maximum atomic E-state index is 11.1. The predicted octanol–water partition coefficient (Wildman–Crippen LogP) is 1.05. The molecule has 4 heteroatoms. The van der Waals surface area contributed by atoms with E-state index in [1.165, 1.54) is 0 Å². The Morgan fingerprint density at radius 2 is 2.06 bits per heavy atom. The summed E-state index contributed by atoms with van der Waals surface area (Å²) in [7, 11) is 1.62. The lowest BCUT2D eigenvalue weighted by molar-refractivity contribution is -0.123. The first-order chi connectivity index (χ1) is 7.47. The Morgan fingerprint density at radius 3 is 2.62 bits per heavy atom. The molecule has 0 heterocycles. The van der Waals surface area contributed by atoms with Crippen molar-refractivity contribution in [3.8, 4) is 5.75 Å².